The summed E-state index contributed by atoms with van der Waals surface area (Å²) in [4.78, 5) is 2.35. The zero-order valence-electron chi connectivity index (χ0n) is 19.3. The molecule has 1 unspecified atom stereocenters. The van der Waals surface area contributed by atoms with Gasteiger partial charge in [-0.05, 0) is 77.9 Å². The van der Waals surface area contributed by atoms with Crippen LogP contribution < -0.4 is 4.90 Å². The average molecular weight is 428 g/mol. The van der Waals surface area contributed by atoms with E-state index in [-0.39, 0.29) is 0 Å². The topological polar surface area (TPSA) is 3.24 Å². The molecule has 5 rings (SSSR count). The average Bonchev–Trinajstić information content (AvgIpc) is 2.86. The Kier molecular flexibility index (Phi) is 5.95. The summed E-state index contributed by atoms with van der Waals surface area (Å²) in [7, 11) is 0. The van der Waals surface area contributed by atoms with Crippen LogP contribution in [0.25, 0.3) is 16.7 Å². The van der Waals surface area contributed by atoms with Gasteiger partial charge in [0, 0.05) is 17.1 Å². The maximum Gasteiger partial charge on any atom is 0.0467 e. The Morgan fingerprint density at radius 2 is 1.27 bits per heavy atom. The third-order valence-corrected chi connectivity index (χ3v) is 6.21. The van der Waals surface area contributed by atoms with Crippen LogP contribution >= 0.6 is 0 Å². The van der Waals surface area contributed by atoms with Crippen LogP contribution in [0.15, 0.2) is 121 Å². The van der Waals surface area contributed by atoms with E-state index in [0.29, 0.717) is 5.92 Å². The molecule has 0 spiro atoms. The van der Waals surface area contributed by atoms with E-state index in [1.54, 1.807) is 0 Å². The molecule has 1 aliphatic rings. The van der Waals surface area contributed by atoms with Crippen molar-refractivity contribution < 1.29 is 0 Å². The molecule has 0 fully saturated rings. The lowest BCUT2D eigenvalue weighted by atomic mass is 9.93. The third-order valence-electron chi connectivity index (χ3n) is 6.21. The van der Waals surface area contributed by atoms with Gasteiger partial charge in [0.2, 0.25) is 0 Å². The molecule has 33 heavy (non-hydrogen) atoms. The van der Waals surface area contributed by atoms with E-state index in [1.807, 2.05) is 0 Å². The minimum atomic E-state index is 0.574. The first kappa shape index (κ1) is 21.0. The molecule has 0 saturated carbocycles. The largest absolute Gasteiger partial charge is 0.310 e. The lowest BCUT2D eigenvalue weighted by Crippen LogP contribution is -2.10. The van der Waals surface area contributed by atoms with Gasteiger partial charge in [-0.3, -0.25) is 0 Å². The molecule has 4 aromatic rings. The van der Waals surface area contributed by atoms with Crippen LogP contribution in [-0.2, 0) is 0 Å². The molecule has 1 atom stereocenters. The van der Waals surface area contributed by atoms with Crippen LogP contribution in [-0.4, -0.2) is 0 Å². The minimum Gasteiger partial charge on any atom is -0.310 e. The quantitative estimate of drug-likeness (QED) is 0.307. The highest BCUT2D eigenvalue weighted by Gasteiger charge is 2.15. The highest BCUT2D eigenvalue weighted by atomic mass is 15.1. The number of nitrogens with zero attached hydrogens (tertiary/aromatic N) is 1. The van der Waals surface area contributed by atoms with Crippen LogP contribution in [0.5, 0.6) is 0 Å². The Labute approximate surface area is 197 Å². The fourth-order valence-electron chi connectivity index (χ4n) is 4.45. The van der Waals surface area contributed by atoms with Crippen molar-refractivity contribution in [2.45, 2.75) is 20.3 Å². The fourth-order valence-corrected chi connectivity index (χ4v) is 4.45. The number of benzene rings is 4. The van der Waals surface area contributed by atoms with Gasteiger partial charge in [-0.1, -0.05) is 97.4 Å². The zero-order chi connectivity index (χ0) is 22.6. The highest BCUT2D eigenvalue weighted by molar-refractivity contribution is 5.83. The zero-order valence-corrected chi connectivity index (χ0v) is 19.3. The molecule has 0 aromatic heterocycles. The van der Waals surface area contributed by atoms with E-state index in [0.717, 1.165) is 23.5 Å². The molecule has 0 bridgehead atoms. The molecule has 0 saturated heterocycles. The standard InChI is InChI=1S/C32H29N/c1-24-17-19-30(20-18-24)33(31-15-7-13-28(22-31)26-10-4-3-5-11-26)32-16-8-14-29(23-32)27-12-6-9-25(2)21-27/h3-8,10-23,25H,9H2,1-2H3. The second-order valence-corrected chi connectivity index (χ2v) is 8.88. The smallest absolute Gasteiger partial charge is 0.0467 e. The number of rotatable bonds is 5. The Bertz CT molecular complexity index is 1300. The van der Waals surface area contributed by atoms with Crippen LogP contribution in [0.3, 0.4) is 0 Å². The number of hydrogen-bond donors (Lipinski definition) is 0. The van der Waals surface area contributed by atoms with Gasteiger partial charge in [-0.15, -0.1) is 0 Å². The molecule has 0 amide bonds. The Morgan fingerprint density at radius 3 is 1.97 bits per heavy atom. The molecule has 1 nitrogen and oxygen atoms in total. The van der Waals surface area contributed by atoms with Crippen molar-refractivity contribution in [2.24, 2.45) is 5.92 Å². The van der Waals surface area contributed by atoms with Crippen LogP contribution in [0.4, 0.5) is 17.1 Å². The molecule has 0 heterocycles. The van der Waals surface area contributed by atoms with E-state index >= 15 is 0 Å². The lowest BCUT2D eigenvalue weighted by molar-refractivity contribution is 0.740. The Morgan fingerprint density at radius 1 is 0.636 bits per heavy atom. The van der Waals surface area contributed by atoms with Crippen LogP contribution in [0.1, 0.15) is 24.5 Å². The van der Waals surface area contributed by atoms with Crippen molar-refractivity contribution in [1.82, 2.24) is 0 Å². The van der Waals surface area contributed by atoms with Crippen molar-refractivity contribution in [3.63, 3.8) is 0 Å². The second kappa shape index (κ2) is 9.34. The van der Waals surface area contributed by atoms with Crippen LogP contribution in [0, 0.1) is 12.8 Å². The predicted molar refractivity (Wildman–Crippen MR) is 142 cm³/mol. The normalized spacial score (nSPS) is 15.2. The van der Waals surface area contributed by atoms with Gasteiger partial charge in [0.15, 0.2) is 0 Å². The van der Waals surface area contributed by atoms with Gasteiger partial charge in [-0.2, -0.15) is 0 Å². The molecule has 0 radical (unpaired) electrons. The summed E-state index contributed by atoms with van der Waals surface area (Å²) >= 11 is 0. The van der Waals surface area contributed by atoms with Gasteiger partial charge < -0.3 is 4.90 Å². The van der Waals surface area contributed by atoms with Gasteiger partial charge >= 0.3 is 0 Å². The summed E-state index contributed by atoms with van der Waals surface area (Å²) < 4.78 is 0. The molecule has 4 aromatic carbocycles. The van der Waals surface area contributed by atoms with Crippen molar-refractivity contribution in [1.29, 1.82) is 0 Å². The van der Waals surface area contributed by atoms with Crippen molar-refractivity contribution in [3.05, 3.63) is 132 Å². The SMILES string of the molecule is Cc1ccc(N(c2cccc(C3=CC(C)CC=C3)c2)c2cccc(-c3ccccc3)c2)cc1. The van der Waals surface area contributed by atoms with Crippen molar-refractivity contribution in [3.8, 4) is 11.1 Å². The first-order chi connectivity index (χ1) is 16.2. The van der Waals surface area contributed by atoms with Crippen LogP contribution in [0.2, 0.25) is 0 Å². The van der Waals surface area contributed by atoms with E-state index < -0.39 is 0 Å². The summed E-state index contributed by atoms with van der Waals surface area (Å²) in [5.41, 5.74) is 9.73. The first-order valence-electron chi connectivity index (χ1n) is 11.7. The van der Waals surface area contributed by atoms with E-state index in [4.69, 9.17) is 0 Å². The van der Waals surface area contributed by atoms with Gasteiger partial charge in [0.05, 0.1) is 0 Å². The molecule has 162 valence electrons. The summed E-state index contributed by atoms with van der Waals surface area (Å²) in [5.74, 6) is 0.574. The fraction of sp³-hybridized carbons (Fsp3) is 0.125. The molecule has 0 N–H and O–H groups in total. The summed E-state index contributed by atoms with van der Waals surface area (Å²) in [6, 6.07) is 37.1. The number of hydrogen-bond acceptors (Lipinski definition) is 1. The molecular formula is C32H29N. The van der Waals surface area contributed by atoms with Gasteiger partial charge in [0.1, 0.15) is 0 Å². The number of allylic oxidation sites excluding steroid dienone is 4. The summed E-state index contributed by atoms with van der Waals surface area (Å²) in [6.45, 7) is 4.41. The predicted octanol–water partition coefficient (Wildman–Crippen LogP) is 9.11. The second-order valence-electron chi connectivity index (χ2n) is 8.88. The molecule has 1 heteroatoms. The Balaban J connectivity index is 1.62. The first-order valence-corrected chi connectivity index (χ1v) is 11.7. The maximum atomic E-state index is 2.38. The van der Waals surface area contributed by atoms with Gasteiger partial charge in [-0.25, -0.2) is 0 Å². The van der Waals surface area contributed by atoms with Crippen molar-refractivity contribution >= 4 is 22.6 Å². The third kappa shape index (κ3) is 4.68. The lowest BCUT2D eigenvalue weighted by Gasteiger charge is -2.27. The summed E-state index contributed by atoms with van der Waals surface area (Å²) in [5, 5.41) is 0. The number of aryl methyl sites for hydroxylation is 1. The van der Waals surface area contributed by atoms with Gasteiger partial charge in [0.25, 0.3) is 0 Å². The van der Waals surface area contributed by atoms with E-state index in [1.165, 1.54) is 27.8 Å². The van der Waals surface area contributed by atoms with E-state index in [2.05, 4.69) is 140 Å². The molecule has 0 aliphatic heterocycles. The summed E-state index contributed by atoms with van der Waals surface area (Å²) in [6.07, 6.45) is 8.04. The Hall–Kier alpha value is -3.84. The maximum absolute atomic E-state index is 2.38. The number of anilines is 3. The minimum absolute atomic E-state index is 0.574. The van der Waals surface area contributed by atoms with Crippen molar-refractivity contribution in [2.75, 3.05) is 4.90 Å². The monoisotopic (exact) mass is 427 g/mol. The molecule has 1 aliphatic carbocycles. The molecular weight excluding hydrogens is 398 g/mol. The van der Waals surface area contributed by atoms with E-state index in [9.17, 15) is 0 Å². The highest BCUT2D eigenvalue weighted by Crippen LogP contribution is 2.38.